The molecule has 0 saturated carbocycles. The number of aliphatic hydroxyl groups is 1. The maximum absolute atomic E-state index is 8.70. The summed E-state index contributed by atoms with van der Waals surface area (Å²) in [6, 6.07) is 14.3. The van der Waals surface area contributed by atoms with Crippen LogP contribution in [0.15, 0.2) is 42.5 Å². The van der Waals surface area contributed by atoms with E-state index in [4.69, 9.17) is 9.84 Å². The van der Waals surface area contributed by atoms with E-state index in [0.29, 0.717) is 6.61 Å². The molecule has 94 valence electrons. The van der Waals surface area contributed by atoms with E-state index in [1.807, 2.05) is 12.1 Å². The summed E-state index contributed by atoms with van der Waals surface area (Å²) < 4.78 is 5.35. The van der Waals surface area contributed by atoms with Crippen molar-refractivity contribution in [3.05, 3.63) is 53.6 Å². The molecule has 2 aromatic rings. The first-order valence-electron chi connectivity index (χ1n) is 6.12. The monoisotopic (exact) mass is 242 g/mol. The third-order valence-corrected chi connectivity index (χ3v) is 3.13. The third kappa shape index (κ3) is 2.71. The lowest BCUT2D eigenvalue weighted by molar-refractivity contribution is 0.201. The Bertz CT molecular complexity index is 515. The zero-order valence-electron chi connectivity index (χ0n) is 10.8. The van der Waals surface area contributed by atoms with E-state index < -0.39 is 0 Å². The Balaban J connectivity index is 2.26. The second kappa shape index (κ2) is 5.69. The minimum Gasteiger partial charge on any atom is -0.491 e. The Hall–Kier alpha value is -1.80. The molecule has 0 bridgehead atoms. The molecule has 0 aromatic heterocycles. The van der Waals surface area contributed by atoms with Gasteiger partial charge >= 0.3 is 0 Å². The molecule has 1 N–H and O–H groups in total. The quantitative estimate of drug-likeness (QED) is 0.891. The molecule has 0 radical (unpaired) electrons. The van der Waals surface area contributed by atoms with Gasteiger partial charge in [-0.2, -0.15) is 0 Å². The summed E-state index contributed by atoms with van der Waals surface area (Å²) in [5.41, 5.74) is 5.05. The zero-order valence-corrected chi connectivity index (χ0v) is 10.8. The van der Waals surface area contributed by atoms with Crippen molar-refractivity contribution in [3.63, 3.8) is 0 Å². The average Bonchev–Trinajstić information content (AvgIpc) is 2.40. The fourth-order valence-electron chi connectivity index (χ4n) is 1.96. The number of hydrogen-bond acceptors (Lipinski definition) is 2. The maximum Gasteiger partial charge on any atom is 0.119 e. The van der Waals surface area contributed by atoms with Crippen molar-refractivity contribution in [3.8, 4) is 16.9 Å². The lowest BCUT2D eigenvalue weighted by Gasteiger charge is -2.10. The van der Waals surface area contributed by atoms with E-state index >= 15 is 0 Å². The van der Waals surface area contributed by atoms with Crippen molar-refractivity contribution in [1.29, 1.82) is 0 Å². The Kier molecular flexibility index (Phi) is 4.00. The fraction of sp³-hybridized carbons (Fsp3) is 0.250. The molecule has 2 rings (SSSR count). The number of ether oxygens (including phenoxy) is 1. The van der Waals surface area contributed by atoms with Gasteiger partial charge in [0.2, 0.25) is 0 Å². The Labute approximate surface area is 108 Å². The highest BCUT2D eigenvalue weighted by atomic mass is 16.5. The highest BCUT2D eigenvalue weighted by Gasteiger charge is 2.03. The van der Waals surface area contributed by atoms with Crippen molar-refractivity contribution in [2.75, 3.05) is 13.2 Å². The van der Waals surface area contributed by atoms with Gasteiger partial charge < -0.3 is 9.84 Å². The molecular weight excluding hydrogens is 224 g/mol. The van der Waals surface area contributed by atoms with Gasteiger partial charge in [-0.15, -0.1) is 0 Å². The smallest absolute Gasteiger partial charge is 0.119 e. The van der Waals surface area contributed by atoms with Crippen LogP contribution in [-0.2, 0) is 0 Å². The SMILES string of the molecule is Cc1cccc(-c2ccc(OCCO)cc2)c1C. The van der Waals surface area contributed by atoms with Gasteiger partial charge in [-0.25, -0.2) is 0 Å². The first kappa shape index (κ1) is 12.7. The van der Waals surface area contributed by atoms with Gasteiger partial charge in [0.05, 0.1) is 6.61 Å². The van der Waals surface area contributed by atoms with Gasteiger partial charge in [-0.1, -0.05) is 30.3 Å². The molecule has 0 unspecified atom stereocenters. The Morgan fingerprint density at radius 3 is 2.39 bits per heavy atom. The minimum atomic E-state index is 0.0404. The molecular formula is C16H18O2. The normalized spacial score (nSPS) is 10.4. The lowest BCUT2D eigenvalue weighted by Crippen LogP contribution is -2.01. The first-order chi connectivity index (χ1) is 8.72. The van der Waals surface area contributed by atoms with E-state index in [-0.39, 0.29) is 6.61 Å². The molecule has 0 heterocycles. The van der Waals surface area contributed by atoms with Gasteiger partial charge in [-0.05, 0) is 48.2 Å². The third-order valence-electron chi connectivity index (χ3n) is 3.13. The lowest BCUT2D eigenvalue weighted by atomic mass is 9.97. The molecule has 2 heteroatoms. The molecule has 0 atom stereocenters. The van der Waals surface area contributed by atoms with Gasteiger partial charge in [0.1, 0.15) is 12.4 Å². The largest absolute Gasteiger partial charge is 0.491 e. The maximum atomic E-state index is 8.70. The Morgan fingerprint density at radius 1 is 1.00 bits per heavy atom. The Morgan fingerprint density at radius 2 is 1.72 bits per heavy atom. The topological polar surface area (TPSA) is 29.5 Å². The van der Waals surface area contributed by atoms with Crippen LogP contribution in [0.1, 0.15) is 11.1 Å². The molecule has 0 aliphatic heterocycles. The van der Waals surface area contributed by atoms with Crippen LogP contribution in [0.2, 0.25) is 0 Å². The standard InChI is InChI=1S/C16H18O2/c1-12-4-3-5-16(13(12)2)14-6-8-15(9-7-14)18-11-10-17/h3-9,17H,10-11H2,1-2H3. The molecule has 2 nitrogen and oxygen atoms in total. The average molecular weight is 242 g/mol. The van der Waals surface area contributed by atoms with E-state index in [0.717, 1.165) is 5.75 Å². The summed E-state index contributed by atoms with van der Waals surface area (Å²) in [4.78, 5) is 0. The highest BCUT2D eigenvalue weighted by molar-refractivity contribution is 5.68. The van der Waals surface area contributed by atoms with Crippen LogP contribution >= 0.6 is 0 Å². The van der Waals surface area contributed by atoms with Crippen LogP contribution < -0.4 is 4.74 Å². The highest BCUT2D eigenvalue weighted by Crippen LogP contribution is 2.27. The van der Waals surface area contributed by atoms with Crippen molar-refractivity contribution >= 4 is 0 Å². The van der Waals surface area contributed by atoms with Crippen molar-refractivity contribution in [1.82, 2.24) is 0 Å². The zero-order chi connectivity index (χ0) is 13.0. The molecule has 0 aliphatic carbocycles. The predicted octanol–water partition coefficient (Wildman–Crippen LogP) is 3.34. The van der Waals surface area contributed by atoms with Crippen molar-refractivity contribution < 1.29 is 9.84 Å². The van der Waals surface area contributed by atoms with Crippen LogP contribution in [0.25, 0.3) is 11.1 Å². The molecule has 0 saturated heterocycles. The summed E-state index contributed by atoms with van der Waals surface area (Å²) in [6.45, 7) is 4.64. The number of hydrogen-bond donors (Lipinski definition) is 1. The van der Waals surface area contributed by atoms with Gasteiger partial charge in [0.15, 0.2) is 0 Å². The van der Waals surface area contributed by atoms with Crippen LogP contribution in [0.3, 0.4) is 0 Å². The van der Waals surface area contributed by atoms with E-state index in [9.17, 15) is 0 Å². The number of benzene rings is 2. The summed E-state index contributed by atoms with van der Waals surface area (Å²) in [7, 11) is 0. The molecule has 18 heavy (non-hydrogen) atoms. The predicted molar refractivity (Wildman–Crippen MR) is 73.9 cm³/mol. The van der Waals surface area contributed by atoms with Crippen LogP contribution in [0.4, 0.5) is 0 Å². The fourth-order valence-corrected chi connectivity index (χ4v) is 1.96. The second-order valence-corrected chi connectivity index (χ2v) is 4.34. The minimum absolute atomic E-state index is 0.0404. The molecule has 0 fully saturated rings. The first-order valence-corrected chi connectivity index (χ1v) is 6.12. The van der Waals surface area contributed by atoms with Crippen LogP contribution in [0, 0.1) is 13.8 Å². The summed E-state index contributed by atoms with van der Waals surface area (Å²) in [5.74, 6) is 0.790. The van der Waals surface area contributed by atoms with E-state index in [1.54, 1.807) is 0 Å². The molecule has 0 spiro atoms. The van der Waals surface area contributed by atoms with Crippen LogP contribution in [0.5, 0.6) is 5.75 Å². The molecule has 0 aliphatic rings. The second-order valence-electron chi connectivity index (χ2n) is 4.34. The number of rotatable bonds is 4. The van der Waals surface area contributed by atoms with Gasteiger partial charge in [0, 0.05) is 0 Å². The van der Waals surface area contributed by atoms with Gasteiger partial charge in [-0.3, -0.25) is 0 Å². The van der Waals surface area contributed by atoms with Crippen LogP contribution in [-0.4, -0.2) is 18.3 Å². The summed E-state index contributed by atoms with van der Waals surface area (Å²) in [5, 5.41) is 8.70. The van der Waals surface area contributed by atoms with Crippen molar-refractivity contribution in [2.45, 2.75) is 13.8 Å². The van der Waals surface area contributed by atoms with Crippen molar-refractivity contribution in [2.24, 2.45) is 0 Å². The summed E-state index contributed by atoms with van der Waals surface area (Å²) in [6.07, 6.45) is 0. The molecule has 0 amide bonds. The van der Waals surface area contributed by atoms with E-state index in [1.165, 1.54) is 22.3 Å². The van der Waals surface area contributed by atoms with Gasteiger partial charge in [0.25, 0.3) is 0 Å². The number of aliphatic hydroxyl groups excluding tert-OH is 1. The summed E-state index contributed by atoms with van der Waals surface area (Å²) >= 11 is 0. The molecule has 2 aromatic carbocycles. The number of aryl methyl sites for hydroxylation is 1. The van der Waals surface area contributed by atoms with E-state index in [2.05, 4.69) is 44.2 Å².